The van der Waals surface area contributed by atoms with Crippen LogP contribution >= 0.6 is 0 Å². The van der Waals surface area contributed by atoms with Crippen molar-refractivity contribution < 1.29 is 4.79 Å². The topological polar surface area (TPSA) is 95.9 Å². The fourth-order valence-corrected chi connectivity index (χ4v) is 1.75. The van der Waals surface area contributed by atoms with Gasteiger partial charge in [-0.1, -0.05) is 13.3 Å². The van der Waals surface area contributed by atoms with Crippen LogP contribution in [0.4, 0.5) is 5.82 Å². The summed E-state index contributed by atoms with van der Waals surface area (Å²) in [5.41, 5.74) is 7.22. The van der Waals surface area contributed by atoms with E-state index in [1.54, 1.807) is 11.8 Å². The summed E-state index contributed by atoms with van der Waals surface area (Å²) in [5.74, 6) is -0.00197. The SMILES string of the molecule is CCCCN(CC(N)=O)c1nnc(C)c(C)c1C#N. The van der Waals surface area contributed by atoms with Crippen LogP contribution in [0.3, 0.4) is 0 Å². The van der Waals surface area contributed by atoms with E-state index in [0.29, 0.717) is 17.9 Å². The van der Waals surface area contributed by atoms with Crippen molar-refractivity contribution in [3.05, 3.63) is 16.8 Å². The molecule has 6 nitrogen and oxygen atoms in total. The van der Waals surface area contributed by atoms with Crippen molar-refractivity contribution in [1.82, 2.24) is 10.2 Å². The molecule has 1 aromatic rings. The highest BCUT2D eigenvalue weighted by Crippen LogP contribution is 2.21. The highest BCUT2D eigenvalue weighted by Gasteiger charge is 2.18. The Morgan fingerprint density at radius 3 is 2.63 bits per heavy atom. The van der Waals surface area contributed by atoms with Gasteiger partial charge in [0.15, 0.2) is 5.82 Å². The second kappa shape index (κ2) is 6.69. The first-order chi connectivity index (χ1) is 9.01. The van der Waals surface area contributed by atoms with Crippen LogP contribution < -0.4 is 10.6 Å². The van der Waals surface area contributed by atoms with Gasteiger partial charge in [0, 0.05) is 6.54 Å². The molecular weight excluding hydrogens is 242 g/mol. The molecule has 0 aliphatic carbocycles. The number of nitrogens with two attached hydrogens (primary N) is 1. The molecule has 0 bridgehead atoms. The molecule has 102 valence electrons. The molecule has 0 radical (unpaired) electrons. The Hall–Kier alpha value is -2.16. The highest BCUT2D eigenvalue weighted by molar-refractivity contribution is 5.79. The number of aryl methyl sites for hydroxylation is 1. The fourth-order valence-electron chi connectivity index (χ4n) is 1.75. The van der Waals surface area contributed by atoms with Gasteiger partial charge in [0.25, 0.3) is 0 Å². The number of hydrogen-bond acceptors (Lipinski definition) is 5. The Labute approximate surface area is 113 Å². The van der Waals surface area contributed by atoms with Crippen molar-refractivity contribution in [2.75, 3.05) is 18.0 Å². The largest absolute Gasteiger partial charge is 0.368 e. The van der Waals surface area contributed by atoms with E-state index in [9.17, 15) is 10.1 Å². The van der Waals surface area contributed by atoms with Crippen LogP contribution in [-0.2, 0) is 4.79 Å². The average molecular weight is 261 g/mol. The monoisotopic (exact) mass is 261 g/mol. The molecule has 0 aromatic carbocycles. The Morgan fingerprint density at radius 1 is 1.42 bits per heavy atom. The molecule has 0 unspecified atom stereocenters. The van der Waals surface area contributed by atoms with Crippen molar-refractivity contribution >= 4 is 11.7 Å². The van der Waals surface area contributed by atoms with Gasteiger partial charge in [0.2, 0.25) is 5.91 Å². The van der Waals surface area contributed by atoms with Crippen LogP contribution in [0.15, 0.2) is 0 Å². The lowest BCUT2D eigenvalue weighted by atomic mass is 10.1. The molecule has 1 aromatic heterocycles. The van der Waals surface area contributed by atoms with E-state index in [0.717, 1.165) is 24.1 Å². The normalized spacial score (nSPS) is 10.0. The van der Waals surface area contributed by atoms with Crippen molar-refractivity contribution in [1.29, 1.82) is 5.26 Å². The summed E-state index contributed by atoms with van der Waals surface area (Å²) < 4.78 is 0. The molecule has 2 N–H and O–H groups in total. The van der Waals surface area contributed by atoms with Gasteiger partial charge in [-0.25, -0.2) is 0 Å². The van der Waals surface area contributed by atoms with Crippen LogP contribution in [-0.4, -0.2) is 29.2 Å². The Balaban J connectivity index is 3.18. The van der Waals surface area contributed by atoms with E-state index in [2.05, 4.69) is 23.2 Å². The zero-order valence-corrected chi connectivity index (χ0v) is 11.6. The molecule has 19 heavy (non-hydrogen) atoms. The predicted molar refractivity (Wildman–Crippen MR) is 72.5 cm³/mol. The van der Waals surface area contributed by atoms with Crippen LogP contribution in [0.1, 0.15) is 36.6 Å². The van der Waals surface area contributed by atoms with Gasteiger partial charge >= 0.3 is 0 Å². The van der Waals surface area contributed by atoms with Crippen molar-refractivity contribution in [3.8, 4) is 6.07 Å². The van der Waals surface area contributed by atoms with Crippen LogP contribution in [0.25, 0.3) is 0 Å². The number of carbonyl (C=O) groups excluding carboxylic acids is 1. The summed E-state index contributed by atoms with van der Waals surface area (Å²) in [6.07, 6.45) is 1.88. The maximum absolute atomic E-state index is 11.1. The van der Waals surface area contributed by atoms with E-state index in [1.165, 1.54) is 0 Å². The molecule has 0 aliphatic heterocycles. The maximum Gasteiger partial charge on any atom is 0.237 e. The second-order valence-corrected chi connectivity index (χ2v) is 4.46. The minimum Gasteiger partial charge on any atom is -0.368 e. The molecular formula is C13H19N5O. The van der Waals surface area contributed by atoms with Crippen molar-refractivity contribution in [2.45, 2.75) is 33.6 Å². The molecule has 1 heterocycles. The summed E-state index contributed by atoms with van der Waals surface area (Å²) in [7, 11) is 0. The Morgan fingerprint density at radius 2 is 2.11 bits per heavy atom. The number of anilines is 1. The third-order valence-corrected chi connectivity index (χ3v) is 2.98. The summed E-state index contributed by atoms with van der Waals surface area (Å²) in [6.45, 7) is 6.36. The number of amides is 1. The van der Waals surface area contributed by atoms with Gasteiger partial charge in [-0.15, -0.1) is 5.10 Å². The molecule has 0 spiro atoms. The number of hydrogen-bond donors (Lipinski definition) is 1. The van der Waals surface area contributed by atoms with Crippen molar-refractivity contribution in [2.24, 2.45) is 5.73 Å². The summed E-state index contributed by atoms with van der Waals surface area (Å²) >= 11 is 0. The minimum absolute atomic E-state index is 0.0475. The molecule has 1 rings (SSSR count). The molecule has 6 heteroatoms. The first-order valence-electron chi connectivity index (χ1n) is 6.28. The van der Waals surface area contributed by atoms with Crippen LogP contribution in [0.5, 0.6) is 0 Å². The number of rotatable bonds is 6. The van der Waals surface area contributed by atoms with E-state index in [-0.39, 0.29) is 6.54 Å². The van der Waals surface area contributed by atoms with E-state index in [1.807, 2.05) is 6.92 Å². The fraction of sp³-hybridized carbons (Fsp3) is 0.538. The second-order valence-electron chi connectivity index (χ2n) is 4.46. The van der Waals surface area contributed by atoms with Crippen LogP contribution in [0.2, 0.25) is 0 Å². The number of unbranched alkanes of at least 4 members (excludes halogenated alkanes) is 1. The number of primary amides is 1. The van der Waals surface area contributed by atoms with Gasteiger partial charge < -0.3 is 10.6 Å². The van der Waals surface area contributed by atoms with E-state index in [4.69, 9.17) is 5.73 Å². The van der Waals surface area contributed by atoms with Crippen molar-refractivity contribution in [3.63, 3.8) is 0 Å². The smallest absolute Gasteiger partial charge is 0.237 e. The van der Waals surface area contributed by atoms with Gasteiger partial charge in [-0.05, 0) is 25.8 Å². The molecule has 0 aliphatic rings. The standard InChI is InChI=1S/C13H19N5O/c1-4-5-6-18(8-12(15)19)13-11(7-14)9(2)10(3)16-17-13/h4-6,8H2,1-3H3,(H2,15,19). The number of nitrogens with zero attached hydrogens (tertiary/aromatic N) is 4. The van der Waals surface area contributed by atoms with Gasteiger partial charge in [-0.2, -0.15) is 10.4 Å². The lowest BCUT2D eigenvalue weighted by Gasteiger charge is -2.23. The predicted octanol–water partition coefficient (Wildman–Crippen LogP) is 1.06. The summed E-state index contributed by atoms with van der Waals surface area (Å²) in [4.78, 5) is 12.9. The minimum atomic E-state index is -0.444. The lowest BCUT2D eigenvalue weighted by Crippen LogP contribution is -2.36. The number of carbonyl (C=O) groups is 1. The quantitative estimate of drug-likeness (QED) is 0.825. The average Bonchev–Trinajstić information content (AvgIpc) is 2.37. The summed E-state index contributed by atoms with van der Waals surface area (Å²) in [6, 6.07) is 2.14. The molecule has 0 fully saturated rings. The molecule has 0 saturated heterocycles. The zero-order valence-electron chi connectivity index (χ0n) is 11.6. The lowest BCUT2D eigenvalue weighted by molar-refractivity contribution is -0.116. The zero-order chi connectivity index (χ0) is 14.4. The number of nitriles is 1. The number of aromatic nitrogens is 2. The first-order valence-corrected chi connectivity index (χ1v) is 6.28. The van der Waals surface area contributed by atoms with Gasteiger partial charge in [0.05, 0.1) is 12.2 Å². The third kappa shape index (κ3) is 3.65. The van der Waals surface area contributed by atoms with Gasteiger partial charge in [0.1, 0.15) is 11.6 Å². The Kier molecular flexibility index (Phi) is 5.24. The maximum atomic E-state index is 11.1. The highest BCUT2D eigenvalue weighted by atomic mass is 16.1. The van der Waals surface area contributed by atoms with Crippen LogP contribution in [0, 0.1) is 25.2 Å². The Bertz CT molecular complexity index is 506. The van der Waals surface area contributed by atoms with E-state index >= 15 is 0 Å². The molecule has 1 amide bonds. The first kappa shape index (κ1) is 14.9. The van der Waals surface area contributed by atoms with Gasteiger partial charge in [-0.3, -0.25) is 4.79 Å². The van der Waals surface area contributed by atoms with E-state index < -0.39 is 5.91 Å². The third-order valence-electron chi connectivity index (χ3n) is 2.98. The molecule has 0 saturated carbocycles. The molecule has 0 atom stereocenters. The summed E-state index contributed by atoms with van der Waals surface area (Å²) in [5, 5.41) is 17.4.